The van der Waals surface area contributed by atoms with Gasteiger partial charge in [-0.3, -0.25) is 4.98 Å². The van der Waals surface area contributed by atoms with Crippen LogP contribution in [0.3, 0.4) is 0 Å². The molecular formula is C18H10FNO2S. The van der Waals surface area contributed by atoms with Gasteiger partial charge in [0.05, 0.1) is 0 Å². The molecule has 1 N–H and O–H groups in total. The molecule has 23 heavy (non-hydrogen) atoms. The van der Waals surface area contributed by atoms with E-state index in [0.29, 0.717) is 10.9 Å². The molecule has 2 aromatic carbocycles. The van der Waals surface area contributed by atoms with Crippen LogP contribution in [0.2, 0.25) is 0 Å². The zero-order chi connectivity index (χ0) is 16.0. The third-order valence-electron chi connectivity index (χ3n) is 3.76. The van der Waals surface area contributed by atoms with E-state index in [1.54, 1.807) is 18.3 Å². The monoisotopic (exact) mass is 323 g/mol. The summed E-state index contributed by atoms with van der Waals surface area (Å²) in [6.45, 7) is 0. The number of rotatable bonds is 2. The van der Waals surface area contributed by atoms with E-state index < -0.39 is 11.8 Å². The van der Waals surface area contributed by atoms with E-state index >= 15 is 0 Å². The summed E-state index contributed by atoms with van der Waals surface area (Å²) in [4.78, 5) is 16.1. The van der Waals surface area contributed by atoms with Gasteiger partial charge in [0.2, 0.25) is 0 Å². The Labute approximate surface area is 134 Å². The van der Waals surface area contributed by atoms with Crippen molar-refractivity contribution in [3.63, 3.8) is 0 Å². The maximum atomic E-state index is 13.9. The van der Waals surface area contributed by atoms with Gasteiger partial charge in [-0.1, -0.05) is 42.5 Å². The highest BCUT2D eigenvalue weighted by Crippen LogP contribution is 2.41. The van der Waals surface area contributed by atoms with E-state index in [4.69, 9.17) is 0 Å². The number of fused-ring (bicyclic) bond motifs is 3. The molecule has 4 rings (SSSR count). The van der Waals surface area contributed by atoms with Crippen LogP contribution >= 0.6 is 11.3 Å². The molecule has 0 fully saturated rings. The molecule has 2 aromatic heterocycles. The van der Waals surface area contributed by atoms with Crippen molar-refractivity contribution in [1.29, 1.82) is 0 Å². The molecule has 5 heteroatoms. The lowest BCUT2D eigenvalue weighted by molar-refractivity contribution is 0.0703. The highest BCUT2D eigenvalue weighted by atomic mass is 32.1. The lowest BCUT2D eigenvalue weighted by Gasteiger charge is -2.03. The van der Waals surface area contributed by atoms with Gasteiger partial charge in [0.15, 0.2) is 0 Å². The predicted octanol–water partition coefficient (Wildman–Crippen LogP) is 4.95. The van der Waals surface area contributed by atoms with Crippen molar-refractivity contribution in [2.45, 2.75) is 0 Å². The van der Waals surface area contributed by atoms with E-state index in [2.05, 4.69) is 4.98 Å². The third kappa shape index (κ3) is 2.09. The molecule has 0 aliphatic rings. The van der Waals surface area contributed by atoms with Crippen molar-refractivity contribution in [2.24, 2.45) is 0 Å². The second kappa shape index (κ2) is 5.14. The Morgan fingerprint density at radius 1 is 1.04 bits per heavy atom. The number of carbonyl (C=O) groups is 1. The maximum absolute atomic E-state index is 13.9. The van der Waals surface area contributed by atoms with Gasteiger partial charge >= 0.3 is 5.97 Å². The van der Waals surface area contributed by atoms with Gasteiger partial charge in [0, 0.05) is 27.2 Å². The molecule has 0 spiro atoms. The van der Waals surface area contributed by atoms with Crippen molar-refractivity contribution in [3.8, 4) is 11.1 Å². The molecule has 2 heterocycles. The Morgan fingerprint density at radius 3 is 2.57 bits per heavy atom. The smallest absolute Gasteiger partial charge is 0.346 e. The minimum Gasteiger partial charge on any atom is -0.477 e. The molecule has 3 nitrogen and oxygen atoms in total. The highest BCUT2D eigenvalue weighted by molar-refractivity contribution is 7.22. The molecular weight excluding hydrogens is 313 g/mol. The van der Waals surface area contributed by atoms with Crippen LogP contribution in [0.15, 0.2) is 54.7 Å². The summed E-state index contributed by atoms with van der Waals surface area (Å²) >= 11 is 1.16. The normalized spacial score (nSPS) is 11.2. The summed E-state index contributed by atoms with van der Waals surface area (Å²) < 4.78 is 14.7. The molecule has 0 unspecified atom stereocenters. The molecule has 0 bridgehead atoms. The average Bonchev–Trinajstić information content (AvgIpc) is 2.96. The third-order valence-corrected chi connectivity index (χ3v) is 4.98. The number of pyridine rings is 1. The zero-order valence-electron chi connectivity index (χ0n) is 11.8. The number of nitrogens with zero attached hydrogens (tertiary/aromatic N) is 1. The number of hydrogen-bond donors (Lipinski definition) is 1. The van der Waals surface area contributed by atoms with Crippen LogP contribution in [-0.4, -0.2) is 16.1 Å². The van der Waals surface area contributed by atoms with E-state index in [1.165, 1.54) is 6.07 Å². The second-order valence-corrected chi connectivity index (χ2v) is 6.13. The molecule has 4 aromatic rings. The van der Waals surface area contributed by atoms with Gasteiger partial charge < -0.3 is 5.11 Å². The number of aromatic nitrogens is 1. The molecule has 0 aliphatic heterocycles. The molecule has 0 saturated heterocycles. The van der Waals surface area contributed by atoms with Gasteiger partial charge in [0.25, 0.3) is 0 Å². The van der Waals surface area contributed by atoms with Gasteiger partial charge in [0.1, 0.15) is 16.2 Å². The number of hydrogen-bond acceptors (Lipinski definition) is 3. The van der Waals surface area contributed by atoms with Crippen molar-refractivity contribution in [2.75, 3.05) is 0 Å². The van der Waals surface area contributed by atoms with Crippen LogP contribution in [0.1, 0.15) is 9.67 Å². The summed E-state index contributed by atoms with van der Waals surface area (Å²) in [6.07, 6.45) is 1.56. The number of aromatic carboxylic acids is 1. The van der Waals surface area contributed by atoms with E-state index in [-0.39, 0.29) is 10.4 Å². The Bertz CT molecular complexity index is 1060. The first-order chi connectivity index (χ1) is 11.2. The highest BCUT2D eigenvalue weighted by Gasteiger charge is 2.21. The first kappa shape index (κ1) is 13.8. The summed E-state index contributed by atoms with van der Waals surface area (Å²) in [7, 11) is 0. The fraction of sp³-hybridized carbons (Fsp3) is 0. The number of para-hydroxylation sites is 1. The Kier molecular flexibility index (Phi) is 3.09. The summed E-state index contributed by atoms with van der Waals surface area (Å²) in [6, 6.07) is 14.1. The number of carboxylic acid groups (broad SMARTS) is 1. The largest absolute Gasteiger partial charge is 0.477 e. The minimum atomic E-state index is -0.991. The zero-order valence-corrected chi connectivity index (χ0v) is 12.6. The molecule has 0 radical (unpaired) electrons. The van der Waals surface area contributed by atoms with Gasteiger partial charge in [-0.25, -0.2) is 9.18 Å². The van der Waals surface area contributed by atoms with E-state index in [0.717, 1.165) is 27.0 Å². The van der Waals surface area contributed by atoms with Crippen LogP contribution in [0.4, 0.5) is 4.39 Å². The number of carboxylic acids is 1. The van der Waals surface area contributed by atoms with Crippen LogP contribution in [0, 0.1) is 5.82 Å². The Balaban J connectivity index is 2.17. The first-order valence-electron chi connectivity index (χ1n) is 6.95. The van der Waals surface area contributed by atoms with Gasteiger partial charge in [-0.05, 0) is 11.6 Å². The summed E-state index contributed by atoms with van der Waals surface area (Å²) in [5, 5.41) is 10.9. The second-order valence-electron chi connectivity index (χ2n) is 5.11. The molecule has 0 amide bonds. The fourth-order valence-corrected chi connectivity index (χ4v) is 3.93. The Morgan fingerprint density at radius 2 is 1.83 bits per heavy atom. The number of thiophene rings is 1. The van der Waals surface area contributed by atoms with Gasteiger partial charge in [-0.15, -0.1) is 11.3 Å². The minimum absolute atomic E-state index is 0.241. The number of benzene rings is 2. The van der Waals surface area contributed by atoms with Crippen LogP contribution in [0.5, 0.6) is 0 Å². The SMILES string of the molecule is O=C(O)c1sc2c(cnc3c(F)cccc32)c1-c1ccccc1. The van der Waals surface area contributed by atoms with Crippen molar-refractivity contribution in [3.05, 3.63) is 65.4 Å². The lowest BCUT2D eigenvalue weighted by Crippen LogP contribution is -1.94. The molecule has 0 atom stereocenters. The maximum Gasteiger partial charge on any atom is 0.346 e. The molecule has 0 saturated carbocycles. The van der Waals surface area contributed by atoms with Crippen LogP contribution in [-0.2, 0) is 0 Å². The average molecular weight is 323 g/mol. The van der Waals surface area contributed by atoms with Crippen molar-refractivity contribution < 1.29 is 14.3 Å². The fourth-order valence-electron chi connectivity index (χ4n) is 2.77. The van der Waals surface area contributed by atoms with Crippen molar-refractivity contribution in [1.82, 2.24) is 4.98 Å². The standard InChI is InChI=1S/C18H10FNO2S/c19-13-8-4-7-11-15(13)20-9-12-14(10-5-2-1-3-6-10)17(18(21)22)23-16(11)12/h1-9H,(H,21,22). The van der Waals surface area contributed by atoms with Crippen LogP contribution in [0.25, 0.3) is 32.1 Å². The lowest BCUT2D eigenvalue weighted by atomic mass is 10.0. The van der Waals surface area contributed by atoms with E-state index in [9.17, 15) is 14.3 Å². The first-order valence-corrected chi connectivity index (χ1v) is 7.77. The van der Waals surface area contributed by atoms with E-state index in [1.807, 2.05) is 30.3 Å². The molecule has 112 valence electrons. The molecule has 0 aliphatic carbocycles. The topological polar surface area (TPSA) is 50.2 Å². The predicted molar refractivity (Wildman–Crippen MR) is 89.5 cm³/mol. The van der Waals surface area contributed by atoms with Crippen molar-refractivity contribution >= 4 is 38.3 Å². The Hall–Kier alpha value is -2.79. The van der Waals surface area contributed by atoms with Crippen LogP contribution < -0.4 is 0 Å². The summed E-state index contributed by atoms with van der Waals surface area (Å²) in [5.41, 5.74) is 1.71. The number of halogens is 1. The van der Waals surface area contributed by atoms with Gasteiger partial charge in [-0.2, -0.15) is 0 Å². The summed E-state index contributed by atoms with van der Waals surface area (Å²) in [5.74, 6) is -1.40. The quantitative estimate of drug-likeness (QED) is 0.567.